The summed E-state index contributed by atoms with van der Waals surface area (Å²) < 4.78 is 0. The summed E-state index contributed by atoms with van der Waals surface area (Å²) in [5.41, 5.74) is 0.363. The van der Waals surface area contributed by atoms with Crippen LogP contribution in [0.15, 0.2) is 11.6 Å². The van der Waals surface area contributed by atoms with E-state index in [4.69, 9.17) is 0 Å². The van der Waals surface area contributed by atoms with Gasteiger partial charge in [-0.3, -0.25) is 0 Å². The lowest BCUT2D eigenvalue weighted by molar-refractivity contribution is -0.0969. The van der Waals surface area contributed by atoms with E-state index in [9.17, 15) is 10.2 Å². The number of aliphatic hydroxyl groups is 2. The van der Waals surface area contributed by atoms with E-state index in [0.29, 0.717) is 18.3 Å². The van der Waals surface area contributed by atoms with Gasteiger partial charge < -0.3 is 10.2 Å². The van der Waals surface area contributed by atoms with Crippen LogP contribution in [0.5, 0.6) is 0 Å². The Bertz CT molecular complexity index is 330. The first-order chi connectivity index (χ1) is 7.76. The van der Waals surface area contributed by atoms with Crippen molar-refractivity contribution in [3.8, 4) is 0 Å². The molecule has 0 saturated heterocycles. The van der Waals surface area contributed by atoms with Gasteiger partial charge in [-0.1, -0.05) is 32.4 Å². The quantitative estimate of drug-likeness (QED) is 0.690. The van der Waals surface area contributed by atoms with Crippen LogP contribution in [0.3, 0.4) is 0 Å². The van der Waals surface area contributed by atoms with Crippen LogP contribution in [-0.2, 0) is 0 Å². The Balaban J connectivity index is 2.33. The molecule has 2 N–H and O–H groups in total. The fourth-order valence-corrected chi connectivity index (χ4v) is 3.70. The number of fused-ring (bicyclic) bond motifs is 1. The Morgan fingerprint density at radius 2 is 1.94 bits per heavy atom. The van der Waals surface area contributed by atoms with Crippen molar-refractivity contribution >= 4 is 0 Å². The Hall–Kier alpha value is -0.340. The first-order valence-corrected chi connectivity index (χ1v) is 6.88. The third-order valence-corrected chi connectivity index (χ3v) is 5.30. The summed E-state index contributed by atoms with van der Waals surface area (Å²) in [6.07, 6.45) is 5.28. The van der Waals surface area contributed by atoms with Crippen molar-refractivity contribution in [3.05, 3.63) is 11.6 Å². The van der Waals surface area contributed by atoms with E-state index in [0.717, 1.165) is 12.8 Å². The molecule has 0 radical (unpaired) electrons. The highest BCUT2D eigenvalue weighted by Crippen LogP contribution is 2.55. The normalized spacial score (nSPS) is 46.6. The zero-order valence-electron chi connectivity index (χ0n) is 11.5. The van der Waals surface area contributed by atoms with E-state index in [1.54, 1.807) is 0 Å². The smallest absolute Gasteiger partial charge is 0.0751 e. The van der Waals surface area contributed by atoms with Crippen LogP contribution < -0.4 is 0 Å². The van der Waals surface area contributed by atoms with E-state index in [1.165, 1.54) is 12.0 Å². The average Bonchev–Trinajstić information content (AvgIpc) is 2.18. The van der Waals surface area contributed by atoms with Gasteiger partial charge in [0.1, 0.15) is 0 Å². The second-order valence-corrected chi connectivity index (χ2v) is 6.82. The molecular weight excluding hydrogens is 212 g/mol. The van der Waals surface area contributed by atoms with Gasteiger partial charge in [-0.05, 0) is 38.0 Å². The molecule has 1 saturated carbocycles. The summed E-state index contributed by atoms with van der Waals surface area (Å²) >= 11 is 0. The van der Waals surface area contributed by atoms with Crippen molar-refractivity contribution < 1.29 is 10.2 Å². The van der Waals surface area contributed by atoms with Crippen LogP contribution in [0.25, 0.3) is 0 Å². The average molecular weight is 238 g/mol. The maximum Gasteiger partial charge on any atom is 0.0751 e. The predicted molar refractivity (Wildman–Crippen MR) is 69.6 cm³/mol. The highest BCUT2D eigenvalue weighted by atomic mass is 16.3. The molecule has 2 aliphatic rings. The SMILES string of the molecule is CC(C)C1CCC2=CC(O)CC(C)(O)C2(C)C1. The molecule has 2 nitrogen and oxygen atoms in total. The summed E-state index contributed by atoms with van der Waals surface area (Å²) in [4.78, 5) is 0. The molecule has 2 heteroatoms. The Morgan fingerprint density at radius 3 is 2.53 bits per heavy atom. The molecule has 0 heterocycles. The first kappa shape index (κ1) is 13.1. The molecule has 0 aromatic heterocycles. The lowest BCUT2D eigenvalue weighted by Gasteiger charge is -2.53. The minimum absolute atomic E-state index is 0.139. The van der Waals surface area contributed by atoms with E-state index >= 15 is 0 Å². The molecule has 0 amide bonds. The van der Waals surface area contributed by atoms with Gasteiger partial charge >= 0.3 is 0 Å². The molecule has 2 aliphatic carbocycles. The van der Waals surface area contributed by atoms with E-state index in [2.05, 4.69) is 20.8 Å². The third-order valence-electron chi connectivity index (χ3n) is 5.30. The Kier molecular flexibility index (Phi) is 3.16. The molecule has 0 bridgehead atoms. The topological polar surface area (TPSA) is 40.5 Å². The van der Waals surface area contributed by atoms with Crippen molar-refractivity contribution in [1.82, 2.24) is 0 Å². The van der Waals surface area contributed by atoms with Crippen molar-refractivity contribution in [2.75, 3.05) is 0 Å². The number of rotatable bonds is 1. The summed E-state index contributed by atoms with van der Waals surface area (Å²) in [5.74, 6) is 1.37. The molecule has 0 aliphatic heterocycles. The van der Waals surface area contributed by atoms with Crippen LogP contribution in [0.4, 0.5) is 0 Å². The number of aliphatic hydroxyl groups excluding tert-OH is 1. The molecule has 0 spiro atoms. The lowest BCUT2D eigenvalue weighted by Crippen LogP contribution is -2.53. The van der Waals surface area contributed by atoms with Crippen LogP contribution in [0.2, 0.25) is 0 Å². The zero-order valence-corrected chi connectivity index (χ0v) is 11.5. The van der Waals surface area contributed by atoms with E-state index < -0.39 is 11.7 Å². The molecular formula is C15H26O2. The molecule has 0 aromatic carbocycles. The van der Waals surface area contributed by atoms with E-state index in [1.807, 2.05) is 13.0 Å². The monoisotopic (exact) mass is 238 g/mol. The van der Waals surface area contributed by atoms with Gasteiger partial charge in [0, 0.05) is 11.8 Å². The molecule has 1 fully saturated rings. The largest absolute Gasteiger partial charge is 0.389 e. The third kappa shape index (κ3) is 2.06. The molecule has 2 rings (SSSR count). The summed E-state index contributed by atoms with van der Waals surface area (Å²) in [7, 11) is 0. The molecule has 17 heavy (non-hydrogen) atoms. The Labute approximate surface area is 105 Å². The van der Waals surface area contributed by atoms with Gasteiger partial charge in [-0.2, -0.15) is 0 Å². The van der Waals surface area contributed by atoms with Crippen LogP contribution in [0.1, 0.15) is 53.4 Å². The predicted octanol–water partition coefficient (Wildman–Crippen LogP) is 2.89. The second kappa shape index (κ2) is 4.10. The van der Waals surface area contributed by atoms with Crippen molar-refractivity contribution in [2.24, 2.45) is 17.3 Å². The molecule has 4 atom stereocenters. The highest BCUT2D eigenvalue weighted by molar-refractivity contribution is 5.27. The Morgan fingerprint density at radius 1 is 1.29 bits per heavy atom. The number of hydrogen-bond donors (Lipinski definition) is 2. The van der Waals surface area contributed by atoms with E-state index in [-0.39, 0.29) is 5.41 Å². The molecule has 4 unspecified atom stereocenters. The van der Waals surface area contributed by atoms with Crippen molar-refractivity contribution in [2.45, 2.75) is 65.1 Å². The zero-order chi connectivity index (χ0) is 12.8. The van der Waals surface area contributed by atoms with Gasteiger partial charge in [-0.15, -0.1) is 0 Å². The van der Waals surface area contributed by atoms with Crippen LogP contribution in [0, 0.1) is 17.3 Å². The minimum atomic E-state index is -0.774. The highest BCUT2D eigenvalue weighted by Gasteiger charge is 2.52. The minimum Gasteiger partial charge on any atom is -0.389 e. The first-order valence-electron chi connectivity index (χ1n) is 6.88. The van der Waals surface area contributed by atoms with Gasteiger partial charge in [-0.25, -0.2) is 0 Å². The fourth-order valence-electron chi connectivity index (χ4n) is 3.70. The van der Waals surface area contributed by atoms with Crippen LogP contribution >= 0.6 is 0 Å². The fraction of sp³-hybridized carbons (Fsp3) is 0.867. The number of hydrogen-bond acceptors (Lipinski definition) is 2. The maximum absolute atomic E-state index is 10.7. The van der Waals surface area contributed by atoms with Crippen molar-refractivity contribution in [3.63, 3.8) is 0 Å². The maximum atomic E-state index is 10.7. The molecule has 98 valence electrons. The van der Waals surface area contributed by atoms with Crippen LogP contribution in [-0.4, -0.2) is 21.9 Å². The van der Waals surface area contributed by atoms with Gasteiger partial charge in [0.15, 0.2) is 0 Å². The summed E-state index contributed by atoms with van der Waals surface area (Å²) in [5, 5.41) is 20.5. The lowest BCUT2D eigenvalue weighted by atomic mass is 9.55. The summed E-state index contributed by atoms with van der Waals surface area (Å²) in [6.45, 7) is 8.62. The van der Waals surface area contributed by atoms with Gasteiger partial charge in [0.2, 0.25) is 0 Å². The summed E-state index contributed by atoms with van der Waals surface area (Å²) in [6, 6.07) is 0. The van der Waals surface area contributed by atoms with Gasteiger partial charge in [0.05, 0.1) is 11.7 Å². The van der Waals surface area contributed by atoms with Crippen molar-refractivity contribution in [1.29, 1.82) is 0 Å². The standard InChI is InChI=1S/C15H26O2/c1-10(2)11-5-6-12-7-13(16)9-15(4,17)14(12,3)8-11/h7,10-11,13,16-17H,5-6,8-9H2,1-4H3. The molecule has 0 aromatic rings. The van der Waals surface area contributed by atoms with Gasteiger partial charge in [0.25, 0.3) is 0 Å². The second-order valence-electron chi connectivity index (χ2n) is 6.82.